The second kappa shape index (κ2) is 8.93. The van der Waals surface area contributed by atoms with Gasteiger partial charge in [-0.25, -0.2) is 9.18 Å². The average Bonchev–Trinajstić information content (AvgIpc) is 3.39. The number of nitrogens with two attached hydrogens (primary N) is 2. The third kappa shape index (κ3) is 3.94. The van der Waals surface area contributed by atoms with Crippen molar-refractivity contribution in [1.29, 1.82) is 0 Å². The molecule has 0 amide bonds. The minimum absolute atomic E-state index is 0.0112. The summed E-state index contributed by atoms with van der Waals surface area (Å²) in [5.41, 5.74) is 11.0. The lowest BCUT2D eigenvalue weighted by molar-refractivity contribution is -0.179. The molecule has 0 unspecified atom stereocenters. The van der Waals surface area contributed by atoms with Crippen LogP contribution in [0.2, 0.25) is 0 Å². The maximum atomic E-state index is 13.9. The molecule has 194 valence electrons. The van der Waals surface area contributed by atoms with Crippen molar-refractivity contribution in [3.8, 4) is 0 Å². The van der Waals surface area contributed by atoms with E-state index in [2.05, 4.69) is 0 Å². The number of carbonyl (C=O) groups is 4. The quantitative estimate of drug-likeness (QED) is 0.457. The van der Waals surface area contributed by atoms with E-state index in [0.29, 0.717) is 5.56 Å². The van der Waals surface area contributed by atoms with Gasteiger partial charge in [0, 0.05) is 23.1 Å². The standard InChI is InChI=1S/C26H25FN2O8/c1-34-23(32)17-10-18(36-22(31)13-3-2-4-15(27)9-13)20(30)21-25(17,28)7-5-16-24(33)37-19(11-26(16,21)29)14-6-8-35-12-14/h2-4,6,8-10,12,16-17,19,21H,5,7,11,28-29H2,1H3/t16-,17-,19-,21-,25+,26+/m0/s1. The number of ketones is 1. The Morgan fingerprint density at radius 1 is 1.16 bits per heavy atom. The Morgan fingerprint density at radius 2 is 1.95 bits per heavy atom. The number of esters is 3. The molecule has 2 heterocycles. The number of benzene rings is 1. The lowest BCUT2D eigenvalue weighted by Gasteiger charge is -2.58. The van der Waals surface area contributed by atoms with Gasteiger partial charge >= 0.3 is 17.9 Å². The van der Waals surface area contributed by atoms with Crippen LogP contribution in [-0.2, 0) is 28.6 Å². The molecule has 0 radical (unpaired) electrons. The molecular weight excluding hydrogens is 487 g/mol. The van der Waals surface area contributed by atoms with Crippen molar-refractivity contribution in [2.45, 2.75) is 36.4 Å². The molecule has 0 bridgehead atoms. The Kier molecular flexibility index (Phi) is 5.99. The van der Waals surface area contributed by atoms with Crippen LogP contribution in [0.4, 0.5) is 4.39 Å². The number of allylic oxidation sites excluding steroid dienone is 1. The first-order valence-electron chi connectivity index (χ1n) is 11.7. The maximum absolute atomic E-state index is 13.9. The summed E-state index contributed by atoms with van der Waals surface area (Å²) in [6, 6.07) is 6.35. The van der Waals surface area contributed by atoms with Crippen LogP contribution < -0.4 is 11.5 Å². The Balaban J connectivity index is 1.57. The number of carbonyl (C=O) groups excluding carboxylic acids is 4. The van der Waals surface area contributed by atoms with E-state index in [1.54, 1.807) is 6.07 Å². The number of halogens is 1. The third-order valence-electron chi connectivity index (χ3n) is 7.71. The zero-order chi connectivity index (χ0) is 26.5. The van der Waals surface area contributed by atoms with Crippen molar-refractivity contribution >= 4 is 23.7 Å². The highest BCUT2D eigenvalue weighted by atomic mass is 19.1. The van der Waals surface area contributed by atoms with Gasteiger partial charge in [-0.3, -0.25) is 14.4 Å². The minimum atomic E-state index is -1.54. The SMILES string of the molecule is COC(=O)[C@@H]1C=C(OC(=O)c2cccc(F)c2)C(=O)[C@H]2[C@@]1(N)CC[C@H]1C(=O)O[C@H](c3ccoc3)C[C@]21N. The molecule has 1 saturated carbocycles. The first-order chi connectivity index (χ1) is 17.6. The Morgan fingerprint density at radius 3 is 2.62 bits per heavy atom. The predicted octanol–water partition coefficient (Wildman–Crippen LogP) is 1.94. The predicted molar refractivity (Wildman–Crippen MR) is 123 cm³/mol. The van der Waals surface area contributed by atoms with E-state index in [-0.39, 0.29) is 24.8 Å². The zero-order valence-corrected chi connectivity index (χ0v) is 19.8. The topological polar surface area (TPSA) is 161 Å². The van der Waals surface area contributed by atoms with Gasteiger partial charge in [0.15, 0.2) is 5.76 Å². The highest BCUT2D eigenvalue weighted by Gasteiger charge is 2.67. The van der Waals surface area contributed by atoms with Crippen LogP contribution in [0.3, 0.4) is 0 Å². The molecule has 2 fully saturated rings. The molecule has 1 aromatic heterocycles. The summed E-state index contributed by atoms with van der Waals surface area (Å²) < 4.78 is 34.7. The van der Waals surface area contributed by atoms with E-state index in [9.17, 15) is 23.6 Å². The molecular formula is C26H25FN2O8. The normalized spacial score (nSPS) is 32.9. The van der Waals surface area contributed by atoms with Gasteiger partial charge in [0.05, 0.1) is 43.0 Å². The van der Waals surface area contributed by atoms with Gasteiger partial charge in [0.2, 0.25) is 5.78 Å². The largest absolute Gasteiger partial charge is 0.472 e. The van der Waals surface area contributed by atoms with Crippen LogP contribution in [0.15, 0.2) is 59.1 Å². The van der Waals surface area contributed by atoms with E-state index >= 15 is 0 Å². The Hall–Kier alpha value is -3.83. The zero-order valence-electron chi connectivity index (χ0n) is 19.8. The molecule has 5 rings (SSSR count). The van der Waals surface area contributed by atoms with Gasteiger partial charge in [0.1, 0.15) is 11.9 Å². The number of Topliss-reactive ketones (excluding diaryl/α,β-unsaturated/α-hetero) is 1. The Bertz CT molecular complexity index is 1310. The van der Waals surface area contributed by atoms with Crippen molar-refractivity contribution in [2.24, 2.45) is 29.2 Å². The molecule has 37 heavy (non-hydrogen) atoms. The fourth-order valence-corrected chi connectivity index (χ4v) is 5.96. The first-order valence-corrected chi connectivity index (χ1v) is 11.7. The van der Waals surface area contributed by atoms with E-state index in [4.69, 9.17) is 30.1 Å². The molecule has 1 aromatic carbocycles. The molecule has 10 nitrogen and oxygen atoms in total. The molecule has 6 atom stereocenters. The van der Waals surface area contributed by atoms with Gasteiger partial charge in [0.25, 0.3) is 0 Å². The van der Waals surface area contributed by atoms with Crippen LogP contribution in [0, 0.1) is 23.6 Å². The number of ether oxygens (including phenoxy) is 3. The van der Waals surface area contributed by atoms with Crippen molar-refractivity contribution in [2.75, 3.05) is 7.11 Å². The van der Waals surface area contributed by atoms with Crippen molar-refractivity contribution in [3.63, 3.8) is 0 Å². The number of fused-ring (bicyclic) bond motifs is 3. The molecule has 1 aliphatic heterocycles. The number of methoxy groups -OCH3 is 1. The summed E-state index contributed by atoms with van der Waals surface area (Å²) in [6.45, 7) is 0. The lowest BCUT2D eigenvalue weighted by atomic mass is 9.50. The molecule has 0 spiro atoms. The summed E-state index contributed by atoms with van der Waals surface area (Å²) in [4.78, 5) is 52.6. The summed E-state index contributed by atoms with van der Waals surface area (Å²) >= 11 is 0. The fourth-order valence-electron chi connectivity index (χ4n) is 5.96. The van der Waals surface area contributed by atoms with Crippen LogP contribution in [-0.4, -0.2) is 41.9 Å². The van der Waals surface area contributed by atoms with Crippen LogP contribution >= 0.6 is 0 Å². The molecule has 11 heteroatoms. The van der Waals surface area contributed by atoms with Crippen LogP contribution in [0.25, 0.3) is 0 Å². The summed E-state index contributed by atoms with van der Waals surface area (Å²) in [7, 11) is 1.17. The number of cyclic esters (lactones) is 1. The lowest BCUT2D eigenvalue weighted by Crippen LogP contribution is -2.76. The van der Waals surface area contributed by atoms with Crippen LogP contribution in [0.1, 0.15) is 41.3 Å². The summed E-state index contributed by atoms with van der Waals surface area (Å²) in [6.07, 6.45) is 3.43. The van der Waals surface area contributed by atoms with Gasteiger partial charge in [-0.15, -0.1) is 0 Å². The summed E-state index contributed by atoms with van der Waals surface area (Å²) in [5, 5.41) is 0. The smallest absolute Gasteiger partial charge is 0.343 e. The summed E-state index contributed by atoms with van der Waals surface area (Å²) in [5.74, 6) is -7.65. The number of furan rings is 1. The second-order valence-corrected chi connectivity index (χ2v) is 9.73. The van der Waals surface area contributed by atoms with E-state index in [1.165, 1.54) is 31.8 Å². The van der Waals surface area contributed by atoms with Crippen LogP contribution in [0.5, 0.6) is 0 Å². The second-order valence-electron chi connectivity index (χ2n) is 9.73. The average molecular weight is 512 g/mol. The molecule has 2 aliphatic carbocycles. The van der Waals surface area contributed by atoms with Crippen molar-refractivity contribution in [1.82, 2.24) is 0 Å². The first kappa shape index (κ1) is 24.8. The van der Waals surface area contributed by atoms with Crippen molar-refractivity contribution < 1.29 is 42.2 Å². The molecule has 3 aliphatic rings. The van der Waals surface area contributed by atoms with Crippen molar-refractivity contribution in [3.05, 3.63) is 71.6 Å². The Labute approximate surface area is 210 Å². The number of hydrogen-bond acceptors (Lipinski definition) is 10. The molecule has 4 N–H and O–H groups in total. The molecule has 1 saturated heterocycles. The minimum Gasteiger partial charge on any atom is -0.472 e. The maximum Gasteiger partial charge on any atom is 0.343 e. The highest BCUT2D eigenvalue weighted by Crippen LogP contribution is 2.55. The van der Waals surface area contributed by atoms with Gasteiger partial charge in [-0.2, -0.15) is 0 Å². The van der Waals surface area contributed by atoms with E-state index in [0.717, 1.165) is 18.2 Å². The highest BCUT2D eigenvalue weighted by molar-refractivity contribution is 6.04. The number of hydrogen-bond donors (Lipinski definition) is 2. The van der Waals surface area contributed by atoms with Gasteiger partial charge in [-0.1, -0.05) is 6.07 Å². The fraction of sp³-hybridized carbons (Fsp3) is 0.385. The monoisotopic (exact) mass is 512 g/mol. The van der Waals surface area contributed by atoms with Gasteiger partial charge in [-0.05, 0) is 43.2 Å². The van der Waals surface area contributed by atoms with E-state index < -0.39 is 70.2 Å². The van der Waals surface area contributed by atoms with E-state index in [1.807, 2.05) is 0 Å². The number of rotatable bonds is 4. The third-order valence-corrected chi connectivity index (χ3v) is 7.71. The van der Waals surface area contributed by atoms with Gasteiger partial charge < -0.3 is 30.1 Å². The molecule has 2 aromatic rings.